The summed E-state index contributed by atoms with van der Waals surface area (Å²) >= 11 is 0. The number of aryl methyl sites for hydroxylation is 1. The SMILES string of the molecule is Cc1ccc(-n2c3c(-c4ccccc4)cccc3c3cccc(-c4ccccc4)c32)cc1. The Morgan fingerprint density at radius 3 is 1.38 bits per heavy atom. The molecule has 1 heterocycles. The molecule has 32 heavy (non-hydrogen) atoms. The molecule has 0 saturated heterocycles. The van der Waals surface area contributed by atoms with E-state index >= 15 is 0 Å². The Morgan fingerprint density at radius 2 is 0.906 bits per heavy atom. The normalized spacial score (nSPS) is 11.3. The lowest BCUT2D eigenvalue weighted by Gasteiger charge is -2.14. The fourth-order valence-electron chi connectivity index (χ4n) is 4.77. The van der Waals surface area contributed by atoms with Gasteiger partial charge in [-0.1, -0.05) is 115 Å². The summed E-state index contributed by atoms with van der Waals surface area (Å²) in [6, 6.07) is 43.6. The van der Waals surface area contributed by atoms with Crippen molar-refractivity contribution in [2.24, 2.45) is 0 Å². The summed E-state index contributed by atoms with van der Waals surface area (Å²) in [5, 5.41) is 2.56. The fourth-order valence-corrected chi connectivity index (χ4v) is 4.77. The van der Waals surface area contributed by atoms with Crippen molar-refractivity contribution in [3.8, 4) is 27.9 Å². The summed E-state index contributed by atoms with van der Waals surface area (Å²) < 4.78 is 2.45. The van der Waals surface area contributed by atoms with Crippen LogP contribution in [-0.4, -0.2) is 4.57 Å². The first-order valence-electron chi connectivity index (χ1n) is 11.1. The molecule has 6 aromatic rings. The Labute approximate surface area is 188 Å². The van der Waals surface area contributed by atoms with E-state index in [-0.39, 0.29) is 0 Å². The van der Waals surface area contributed by atoms with Gasteiger partial charge in [0.05, 0.1) is 11.0 Å². The largest absolute Gasteiger partial charge is 0.308 e. The molecule has 1 nitrogen and oxygen atoms in total. The van der Waals surface area contributed by atoms with Gasteiger partial charge >= 0.3 is 0 Å². The number of aromatic nitrogens is 1. The quantitative estimate of drug-likeness (QED) is 0.276. The molecule has 0 aliphatic heterocycles. The first-order valence-corrected chi connectivity index (χ1v) is 11.1. The molecule has 0 aliphatic rings. The molecule has 1 heteroatoms. The highest BCUT2D eigenvalue weighted by Gasteiger charge is 2.19. The zero-order chi connectivity index (χ0) is 21.5. The van der Waals surface area contributed by atoms with E-state index in [4.69, 9.17) is 0 Å². The highest BCUT2D eigenvalue weighted by atomic mass is 15.0. The Kier molecular flexibility index (Phi) is 4.40. The van der Waals surface area contributed by atoms with E-state index in [0.717, 1.165) is 0 Å². The van der Waals surface area contributed by atoms with E-state index in [0.29, 0.717) is 0 Å². The molecule has 0 bridgehead atoms. The van der Waals surface area contributed by atoms with Gasteiger partial charge in [-0.15, -0.1) is 0 Å². The molecular formula is C31H23N. The summed E-state index contributed by atoms with van der Waals surface area (Å²) in [5.74, 6) is 0. The summed E-state index contributed by atoms with van der Waals surface area (Å²) in [4.78, 5) is 0. The van der Waals surface area contributed by atoms with E-state index < -0.39 is 0 Å². The van der Waals surface area contributed by atoms with Crippen molar-refractivity contribution in [3.63, 3.8) is 0 Å². The third-order valence-electron chi connectivity index (χ3n) is 6.27. The number of nitrogens with zero attached hydrogens (tertiary/aromatic N) is 1. The van der Waals surface area contributed by atoms with E-state index in [1.807, 2.05) is 0 Å². The summed E-state index contributed by atoms with van der Waals surface area (Å²) in [5.41, 5.74) is 9.91. The van der Waals surface area contributed by atoms with Gasteiger partial charge < -0.3 is 4.57 Å². The molecule has 0 amide bonds. The molecule has 0 fully saturated rings. The van der Waals surface area contributed by atoms with Crippen molar-refractivity contribution in [1.29, 1.82) is 0 Å². The molecule has 0 saturated carbocycles. The van der Waals surface area contributed by atoms with Crippen LogP contribution >= 0.6 is 0 Å². The number of hydrogen-bond acceptors (Lipinski definition) is 0. The van der Waals surface area contributed by atoms with Crippen molar-refractivity contribution in [1.82, 2.24) is 4.57 Å². The average Bonchev–Trinajstić information content (AvgIpc) is 3.20. The van der Waals surface area contributed by atoms with E-state index in [9.17, 15) is 0 Å². The maximum atomic E-state index is 2.45. The Morgan fingerprint density at radius 1 is 0.438 bits per heavy atom. The number of benzene rings is 5. The smallest absolute Gasteiger partial charge is 0.0619 e. The van der Waals surface area contributed by atoms with Crippen LogP contribution in [0.2, 0.25) is 0 Å². The molecule has 0 atom stereocenters. The van der Waals surface area contributed by atoms with Gasteiger partial charge in [-0.05, 0) is 30.2 Å². The zero-order valence-corrected chi connectivity index (χ0v) is 18.0. The van der Waals surface area contributed by atoms with Gasteiger partial charge in [0.15, 0.2) is 0 Å². The van der Waals surface area contributed by atoms with Crippen molar-refractivity contribution < 1.29 is 0 Å². The molecule has 5 aromatic carbocycles. The van der Waals surface area contributed by atoms with Gasteiger partial charge in [-0.25, -0.2) is 0 Å². The second kappa shape index (κ2) is 7.55. The monoisotopic (exact) mass is 409 g/mol. The van der Waals surface area contributed by atoms with Gasteiger partial charge in [0.2, 0.25) is 0 Å². The van der Waals surface area contributed by atoms with Crippen LogP contribution in [0, 0.1) is 6.92 Å². The minimum Gasteiger partial charge on any atom is -0.308 e. The molecule has 0 radical (unpaired) electrons. The summed E-state index contributed by atoms with van der Waals surface area (Å²) in [7, 11) is 0. The average molecular weight is 410 g/mol. The summed E-state index contributed by atoms with van der Waals surface area (Å²) in [6.07, 6.45) is 0. The van der Waals surface area contributed by atoms with Gasteiger partial charge in [0, 0.05) is 27.6 Å². The van der Waals surface area contributed by atoms with Gasteiger partial charge in [0.1, 0.15) is 0 Å². The van der Waals surface area contributed by atoms with Crippen molar-refractivity contribution in [2.75, 3.05) is 0 Å². The second-order valence-electron chi connectivity index (χ2n) is 8.31. The van der Waals surface area contributed by atoms with Crippen LogP contribution in [0.25, 0.3) is 49.7 Å². The van der Waals surface area contributed by atoms with Gasteiger partial charge in [-0.3, -0.25) is 0 Å². The topological polar surface area (TPSA) is 4.93 Å². The van der Waals surface area contributed by atoms with Crippen LogP contribution in [0.1, 0.15) is 5.56 Å². The lowest BCUT2D eigenvalue weighted by Crippen LogP contribution is -1.97. The first-order chi connectivity index (χ1) is 15.8. The third kappa shape index (κ3) is 2.94. The number of fused-ring (bicyclic) bond motifs is 3. The fraction of sp³-hybridized carbons (Fsp3) is 0.0323. The van der Waals surface area contributed by atoms with Crippen molar-refractivity contribution in [2.45, 2.75) is 6.92 Å². The predicted molar refractivity (Wildman–Crippen MR) is 136 cm³/mol. The molecule has 152 valence electrons. The van der Waals surface area contributed by atoms with Crippen molar-refractivity contribution >= 4 is 21.8 Å². The highest BCUT2D eigenvalue weighted by molar-refractivity contribution is 6.17. The molecule has 0 unspecified atom stereocenters. The molecule has 0 aliphatic carbocycles. The predicted octanol–water partition coefficient (Wildman–Crippen LogP) is 8.43. The van der Waals surface area contributed by atoms with Gasteiger partial charge in [-0.2, -0.15) is 0 Å². The lowest BCUT2D eigenvalue weighted by molar-refractivity contribution is 1.18. The zero-order valence-electron chi connectivity index (χ0n) is 18.0. The third-order valence-corrected chi connectivity index (χ3v) is 6.27. The Hall–Kier alpha value is -4.10. The number of hydrogen-bond donors (Lipinski definition) is 0. The summed E-state index contributed by atoms with van der Waals surface area (Å²) in [6.45, 7) is 2.14. The first kappa shape index (κ1) is 18.7. The minimum absolute atomic E-state index is 1.18. The Bertz CT molecular complexity index is 1440. The second-order valence-corrected chi connectivity index (χ2v) is 8.31. The van der Waals surface area contributed by atoms with E-state index in [1.54, 1.807) is 0 Å². The minimum atomic E-state index is 1.18. The molecule has 6 rings (SSSR count). The standard InChI is InChI=1S/C31H23N/c1-22-18-20-25(21-19-22)32-30-26(23-10-4-2-5-11-23)14-8-16-28(30)29-17-9-15-27(31(29)32)24-12-6-3-7-13-24/h2-21H,1H3. The highest BCUT2D eigenvalue weighted by Crippen LogP contribution is 2.41. The van der Waals surface area contributed by atoms with Crippen LogP contribution in [0.5, 0.6) is 0 Å². The van der Waals surface area contributed by atoms with Crippen LogP contribution in [0.3, 0.4) is 0 Å². The van der Waals surface area contributed by atoms with E-state index in [1.165, 1.54) is 55.3 Å². The lowest BCUT2D eigenvalue weighted by atomic mass is 10.0. The van der Waals surface area contributed by atoms with Crippen LogP contribution in [0.4, 0.5) is 0 Å². The number of rotatable bonds is 3. The van der Waals surface area contributed by atoms with Crippen molar-refractivity contribution in [3.05, 3.63) is 127 Å². The van der Waals surface area contributed by atoms with Crippen LogP contribution in [-0.2, 0) is 0 Å². The molecule has 1 aromatic heterocycles. The van der Waals surface area contributed by atoms with Crippen LogP contribution < -0.4 is 0 Å². The van der Waals surface area contributed by atoms with E-state index in [2.05, 4.69) is 133 Å². The molecule has 0 N–H and O–H groups in total. The van der Waals surface area contributed by atoms with Crippen LogP contribution in [0.15, 0.2) is 121 Å². The Balaban J connectivity index is 1.82. The maximum absolute atomic E-state index is 2.45. The maximum Gasteiger partial charge on any atom is 0.0619 e. The molecule has 0 spiro atoms. The number of para-hydroxylation sites is 2. The van der Waals surface area contributed by atoms with Gasteiger partial charge in [0.25, 0.3) is 0 Å². The molecular weight excluding hydrogens is 386 g/mol.